The molecule has 0 fully saturated rings. The zero-order valence-electron chi connectivity index (χ0n) is 17.1. The summed E-state index contributed by atoms with van der Waals surface area (Å²) < 4.78 is 10.8. The van der Waals surface area contributed by atoms with E-state index in [2.05, 4.69) is 20.9 Å². The number of aryl methyl sites for hydroxylation is 1. The number of nitrogens with zero attached hydrogens (tertiary/aromatic N) is 1. The molecular formula is C19H33IN4O3. The van der Waals surface area contributed by atoms with Gasteiger partial charge in [0.25, 0.3) is 0 Å². The summed E-state index contributed by atoms with van der Waals surface area (Å²) in [5.74, 6) is 1.28. The van der Waals surface area contributed by atoms with Crippen molar-refractivity contribution in [3.63, 3.8) is 0 Å². The summed E-state index contributed by atoms with van der Waals surface area (Å²) in [6.07, 6.45) is 0. The fourth-order valence-electron chi connectivity index (χ4n) is 2.20. The Hall–Kier alpha value is -1.55. The monoisotopic (exact) mass is 492 g/mol. The highest BCUT2D eigenvalue weighted by Crippen LogP contribution is 2.20. The van der Waals surface area contributed by atoms with E-state index in [1.165, 1.54) is 0 Å². The maximum Gasteiger partial charge on any atom is 0.239 e. The van der Waals surface area contributed by atoms with E-state index in [1.807, 2.05) is 45.9 Å². The summed E-state index contributed by atoms with van der Waals surface area (Å²) in [6, 6.07) is 6.05. The molecule has 0 bridgehead atoms. The van der Waals surface area contributed by atoms with E-state index < -0.39 is 0 Å². The van der Waals surface area contributed by atoms with Crippen molar-refractivity contribution >= 4 is 35.8 Å². The Kier molecular flexibility index (Phi) is 12.0. The normalized spacial score (nSPS) is 11.4. The predicted octanol–water partition coefficient (Wildman–Crippen LogP) is 2.22. The van der Waals surface area contributed by atoms with E-state index in [1.54, 1.807) is 14.2 Å². The SMILES string of the molecule is CN=C(NCC(=O)NC(C)(C)C)NCc1ccc(C)cc1OCCOC.I. The number of amides is 1. The fourth-order valence-corrected chi connectivity index (χ4v) is 2.20. The Morgan fingerprint density at radius 3 is 2.48 bits per heavy atom. The molecule has 0 radical (unpaired) electrons. The second-order valence-corrected chi connectivity index (χ2v) is 7.03. The number of carbonyl (C=O) groups is 1. The van der Waals surface area contributed by atoms with Gasteiger partial charge in [-0.25, -0.2) is 0 Å². The molecule has 0 heterocycles. The van der Waals surface area contributed by atoms with Gasteiger partial charge in [-0.1, -0.05) is 12.1 Å². The van der Waals surface area contributed by atoms with E-state index in [4.69, 9.17) is 9.47 Å². The van der Waals surface area contributed by atoms with E-state index >= 15 is 0 Å². The van der Waals surface area contributed by atoms with Crippen molar-refractivity contribution in [2.24, 2.45) is 4.99 Å². The molecule has 1 amide bonds. The number of methoxy groups -OCH3 is 1. The van der Waals surface area contributed by atoms with Crippen LogP contribution in [-0.4, -0.2) is 51.3 Å². The summed E-state index contributed by atoms with van der Waals surface area (Å²) in [4.78, 5) is 16.1. The van der Waals surface area contributed by atoms with Crippen LogP contribution in [0.25, 0.3) is 0 Å². The van der Waals surface area contributed by atoms with Gasteiger partial charge in [-0.2, -0.15) is 0 Å². The first-order chi connectivity index (χ1) is 12.2. The maximum absolute atomic E-state index is 11.9. The largest absolute Gasteiger partial charge is 0.491 e. The zero-order chi connectivity index (χ0) is 19.6. The molecule has 0 spiro atoms. The van der Waals surface area contributed by atoms with Crippen LogP contribution in [0.3, 0.4) is 0 Å². The van der Waals surface area contributed by atoms with Gasteiger partial charge in [0.05, 0.1) is 13.2 Å². The van der Waals surface area contributed by atoms with E-state index in [0.717, 1.165) is 16.9 Å². The van der Waals surface area contributed by atoms with Gasteiger partial charge in [0.1, 0.15) is 12.4 Å². The van der Waals surface area contributed by atoms with Crippen molar-refractivity contribution in [2.75, 3.05) is 33.9 Å². The predicted molar refractivity (Wildman–Crippen MR) is 120 cm³/mol. The average molecular weight is 492 g/mol. The van der Waals surface area contributed by atoms with Crippen molar-refractivity contribution in [3.8, 4) is 5.75 Å². The minimum absolute atomic E-state index is 0. The summed E-state index contributed by atoms with van der Waals surface area (Å²) in [6.45, 7) is 9.57. The molecule has 1 aromatic rings. The molecule has 154 valence electrons. The van der Waals surface area contributed by atoms with Crippen molar-refractivity contribution in [2.45, 2.75) is 39.8 Å². The quantitative estimate of drug-likeness (QED) is 0.224. The van der Waals surface area contributed by atoms with Gasteiger partial charge in [0, 0.05) is 31.8 Å². The number of rotatable bonds is 8. The second-order valence-electron chi connectivity index (χ2n) is 7.03. The van der Waals surface area contributed by atoms with Gasteiger partial charge in [0.2, 0.25) is 5.91 Å². The molecule has 0 unspecified atom stereocenters. The van der Waals surface area contributed by atoms with Crippen LogP contribution in [0, 0.1) is 6.92 Å². The van der Waals surface area contributed by atoms with Crippen LogP contribution in [0.4, 0.5) is 0 Å². The van der Waals surface area contributed by atoms with Crippen molar-refractivity contribution < 1.29 is 14.3 Å². The highest BCUT2D eigenvalue weighted by Gasteiger charge is 2.14. The minimum atomic E-state index is -0.258. The Labute approximate surface area is 179 Å². The van der Waals surface area contributed by atoms with Gasteiger partial charge in [-0.05, 0) is 39.3 Å². The third-order valence-corrected chi connectivity index (χ3v) is 3.37. The van der Waals surface area contributed by atoms with E-state index in [-0.39, 0.29) is 42.0 Å². The molecule has 1 aromatic carbocycles. The van der Waals surface area contributed by atoms with Gasteiger partial charge < -0.3 is 25.4 Å². The van der Waals surface area contributed by atoms with Crippen molar-refractivity contribution in [3.05, 3.63) is 29.3 Å². The first-order valence-corrected chi connectivity index (χ1v) is 8.72. The Balaban J connectivity index is 0.00000676. The maximum atomic E-state index is 11.9. The smallest absolute Gasteiger partial charge is 0.239 e. The highest BCUT2D eigenvalue weighted by atomic mass is 127. The molecule has 0 aliphatic rings. The number of hydrogen-bond acceptors (Lipinski definition) is 4. The number of hydrogen-bond donors (Lipinski definition) is 3. The molecule has 0 aromatic heterocycles. The highest BCUT2D eigenvalue weighted by molar-refractivity contribution is 14.0. The lowest BCUT2D eigenvalue weighted by Crippen LogP contribution is -2.48. The summed E-state index contributed by atoms with van der Waals surface area (Å²) in [5.41, 5.74) is 1.88. The molecule has 0 aliphatic carbocycles. The second kappa shape index (κ2) is 12.8. The number of ether oxygens (including phenoxy) is 2. The first-order valence-electron chi connectivity index (χ1n) is 8.72. The Morgan fingerprint density at radius 1 is 1.19 bits per heavy atom. The lowest BCUT2D eigenvalue weighted by molar-refractivity contribution is -0.121. The van der Waals surface area contributed by atoms with Gasteiger partial charge in [0.15, 0.2) is 5.96 Å². The summed E-state index contributed by atoms with van der Waals surface area (Å²) in [5, 5.41) is 9.11. The number of aliphatic imine (C=N–C) groups is 1. The van der Waals surface area contributed by atoms with Crippen LogP contribution in [0.1, 0.15) is 31.9 Å². The van der Waals surface area contributed by atoms with Crippen LogP contribution in [0.15, 0.2) is 23.2 Å². The van der Waals surface area contributed by atoms with Crippen molar-refractivity contribution in [1.82, 2.24) is 16.0 Å². The van der Waals surface area contributed by atoms with E-state index in [0.29, 0.717) is 25.7 Å². The molecular weight excluding hydrogens is 459 g/mol. The molecule has 7 nitrogen and oxygen atoms in total. The standard InChI is InChI=1S/C19H32N4O3.HI/c1-14-7-8-15(16(11-14)26-10-9-25-6)12-21-18(20-5)22-13-17(24)23-19(2,3)4;/h7-8,11H,9-10,12-13H2,1-6H3,(H,23,24)(H2,20,21,22);1H. The van der Waals surface area contributed by atoms with Crippen LogP contribution in [0.5, 0.6) is 5.75 Å². The van der Waals surface area contributed by atoms with Crippen LogP contribution in [0.2, 0.25) is 0 Å². The molecule has 0 atom stereocenters. The fraction of sp³-hybridized carbons (Fsp3) is 0.579. The third kappa shape index (κ3) is 11.0. The zero-order valence-corrected chi connectivity index (χ0v) is 19.5. The van der Waals surface area contributed by atoms with E-state index in [9.17, 15) is 4.79 Å². The lowest BCUT2D eigenvalue weighted by atomic mass is 10.1. The molecule has 1 rings (SSSR count). The number of halogens is 1. The molecule has 0 aliphatic heterocycles. The van der Waals surface area contributed by atoms with Gasteiger partial charge in [-0.3, -0.25) is 9.79 Å². The number of guanidine groups is 1. The summed E-state index contributed by atoms with van der Waals surface area (Å²) in [7, 11) is 3.32. The number of carbonyl (C=O) groups excluding carboxylic acids is 1. The molecule has 0 saturated carbocycles. The average Bonchev–Trinajstić information content (AvgIpc) is 2.55. The lowest BCUT2D eigenvalue weighted by Gasteiger charge is -2.21. The van der Waals surface area contributed by atoms with Gasteiger partial charge in [-0.15, -0.1) is 24.0 Å². The van der Waals surface area contributed by atoms with Crippen LogP contribution in [-0.2, 0) is 16.1 Å². The third-order valence-electron chi connectivity index (χ3n) is 3.37. The number of nitrogens with one attached hydrogen (secondary N) is 3. The van der Waals surface area contributed by atoms with Crippen molar-refractivity contribution in [1.29, 1.82) is 0 Å². The summed E-state index contributed by atoms with van der Waals surface area (Å²) >= 11 is 0. The number of benzene rings is 1. The van der Waals surface area contributed by atoms with Crippen LogP contribution < -0.4 is 20.7 Å². The first kappa shape index (κ1) is 25.4. The molecule has 8 heteroatoms. The minimum Gasteiger partial charge on any atom is -0.491 e. The topological polar surface area (TPSA) is 84.0 Å². The molecule has 3 N–H and O–H groups in total. The molecule has 27 heavy (non-hydrogen) atoms. The van der Waals surface area contributed by atoms with Crippen LogP contribution >= 0.6 is 24.0 Å². The Bertz CT molecular complexity index is 615. The van der Waals surface area contributed by atoms with Gasteiger partial charge >= 0.3 is 0 Å². The Morgan fingerprint density at radius 2 is 1.89 bits per heavy atom. The molecule has 0 saturated heterocycles.